The van der Waals surface area contributed by atoms with Crippen LogP contribution in [-0.2, 0) is 17.9 Å². The van der Waals surface area contributed by atoms with Crippen molar-refractivity contribution in [1.29, 1.82) is 5.26 Å². The normalized spacial score (nSPS) is 10.5. The molecule has 0 fully saturated rings. The number of likely N-dealkylation sites (N-methyl/N-ethyl adjacent to an activating group) is 1. The number of amides is 1. The molecule has 0 radical (unpaired) electrons. The molecule has 2 aromatic carbocycles. The lowest BCUT2D eigenvalue weighted by molar-refractivity contribution is -0.131. The smallest absolute Gasteiger partial charge is 0.275 e. The zero-order chi connectivity index (χ0) is 18.7. The van der Waals surface area contributed by atoms with Gasteiger partial charge in [-0.05, 0) is 30.7 Å². The summed E-state index contributed by atoms with van der Waals surface area (Å²) in [5, 5.41) is 14.5. The number of hydrogen-bond donors (Lipinski definition) is 0. The summed E-state index contributed by atoms with van der Waals surface area (Å²) in [6.07, 6.45) is 0. The molecule has 0 spiro atoms. The predicted octanol–water partition coefficient (Wildman–Crippen LogP) is 2.24. The van der Waals surface area contributed by atoms with E-state index in [1.807, 2.05) is 31.2 Å². The number of fused-ring (bicyclic) bond motifs is 1. The average Bonchev–Trinajstić information content (AvgIpc) is 2.66. The highest BCUT2D eigenvalue weighted by molar-refractivity contribution is 5.83. The number of carbonyl (C=O) groups is 1. The zero-order valence-electron chi connectivity index (χ0n) is 14.6. The second kappa shape index (κ2) is 7.19. The fraction of sp³-hybridized carbons (Fsp3) is 0.200. The summed E-state index contributed by atoms with van der Waals surface area (Å²) >= 11 is 0. The Morgan fingerprint density at radius 3 is 2.46 bits per heavy atom. The Hall–Kier alpha value is -3.46. The minimum absolute atomic E-state index is 0.114. The Morgan fingerprint density at radius 1 is 1.15 bits per heavy atom. The minimum atomic E-state index is -0.272. The van der Waals surface area contributed by atoms with Crippen LogP contribution in [0.15, 0.2) is 53.3 Å². The van der Waals surface area contributed by atoms with Crippen molar-refractivity contribution in [2.24, 2.45) is 0 Å². The maximum absolute atomic E-state index is 12.6. The Kier molecular flexibility index (Phi) is 4.81. The van der Waals surface area contributed by atoms with Crippen LogP contribution in [0.25, 0.3) is 10.8 Å². The number of benzene rings is 2. The predicted molar refractivity (Wildman–Crippen MR) is 98.4 cm³/mol. The molecule has 0 aliphatic carbocycles. The lowest BCUT2D eigenvalue weighted by Gasteiger charge is -2.18. The third kappa shape index (κ3) is 3.47. The van der Waals surface area contributed by atoms with Gasteiger partial charge in [-0.15, -0.1) is 0 Å². The summed E-state index contributed by atoms with van der Waals surface area (Å²) in [7, 11) is 1.68. The number of hydrogen-bond acceptors (Lipinski definition) is 4. The first-order valence-corrected chi connectivity index (χ1v) is 8.19. The van der Waals surface area contributed by atoms with Crippen molar-refractivity contribution in [2.45, 2.75) is 20.0 Å². The van der Waals surface area contributed by atoms with Gasteiger partial charge < -0.3 is 4.90 Å². The molecule has 6 nitrogen and oxygen atoms in total. The largest absolute Gasteiger partial charge is 0.340 e. The molecule has 3 aromatic rings. The maximum Gasteiger partial charge on any atom is 0.275 e. The van der Waals surface area contributed by atoms with E-state index in [4.69, 9.17) is 5.26 Å². The summed E-state index contributed by atoms with van der Waals surface area (Å²) in [4.78, 5) is 26.6. The maximum atomic E-state index is 12.6. The molecule has 130 valence electrons. The van der Waals surface area contributed by atoms with E-state index in [-0.39, 0.29) is 18.0 Å². The van der Waals surface area contributed by atoms with Crippen LogP contribution in [0.4, 0.5) is 0 Å². The van der Waals surface area contributed by atoms with Crippen LogP contribution in [-0.4, -0.2) is 27.6 Å². The molecule has 0 bridgehead atoms. The van der Waals surface area contributed by atoms with Crippen molar-refractivity contribution >= 4 is 16.7 Å². The molecular weight excluding hydrogens is 328 g/mol. The Bertz CT molecular complexity index is 1060. The summed E-state index contributed by atoms with van der Waals surface area (Å²) in [5.74, 6) is -0.210. The lowest BCUT2D eigenvalue weighted by atomic mass is 10.1. The highest BCUT2D eigenvalue weighted by Gasteiger charge is 2.14. The van der Waals surface area contributed by atoms with E-state index >= 15 is 0 Å². The van der Waals surface area contributed by atoms with E-state index in [0.29, 0.717) is 23.2 Å². The van der Waals surface area contributed by atoms with Crippen molar-refractivity contribution in [1.82, 2.24) is 14.7 Å². The van der Waals surface area contributed by atoms with Gasteiger partial charge in [0, 0.05) is 19.0 Å². The second-order valence-corrected chi connectivity index (χ2v) is 6.15. The Balaban J connectivity index is 1.79. The van der Waals surface area contributed by atoms with Gasteiger partial charge in [-0.1, -0.05) is 30.3 Å². The molecule has 1 heterocycles. The topological polar surface area (TPSA) is 79.0 Å². The van der Waals surface area contributed by atoms with Crippen LogP contribution in [0.1, 0.15) is 16.8 Å². The fourth-order valence-corrected chi connectivity index (χ4v) is 2.81. The van der Waals surface area contributed by atoms with Crippen LogP contribution in [0.5, 0.6) is 0 Å². The summed E-state index contributed by atoms with van der Waals surface area (Å²) < 4.78 is 1.22. The van der Waals surface area contributed by atoms with Gasteiger partial charge in [0.05, 0.1) is 22.7 Å². The summed E-state index contributed by atoms with van der Waals surface area (Å²) in [6.45, 7) is 2.10. The van der Waals surface area contributed by atoms with E-state index in [2.05, 4.69) is 11.2 Å². The van der Waals surface area contributed by atoms with Gasteiger partial charge in [0.25, 0.3) is 5.56 Å². The zero-order valence-corrected chi connectivity index (χ0v) is 14.6. The van der Waals surface area contributed by atoms with Crippen molar-refractivity contribution in [3.05, 3.63) is 75.7 Å². The number of aryl methyl sites for hydroxylation is 1. The number of rotatable bonds is 4. The molecule has 0 aliphatic rings. The number of carbonyl (C=O) groups excluding carboxylic acids is 1. The Morgan fingerprint density at radius 2 is 1.81 bits per heavy atom. The molecule has 26 heavy (non-hydrogen) atoms. The molecule has 0 atom stereocenters. The number of nitriles is 1. The lowest BCUT2D eigenvalue weighted by Crippen LogP contribution is -2.35. The van der Waals surface area contributed by atoms with Crippen molar-refractivity contribution < 1.29 is 4.79 Å². The first-order valence-electron chi connectivity index (χ1n) is 8.19. The van der Waals surface area contributed by atoms with Gasteiger partial charge in [0.2, 0.25) is 5.91 Å². The Labute approximate surface area is 150 Å². The molecular formula is C20H18N4O2. The van der Waals surface area contributed by atoms with Crippen molar-refractivity contribution in [3.63, 3.8) is 0 Å². The van der Waals surface area contributed by atoms with Crippen molar-refractivity contribution in [3.8, 4) is 6.07 Å². The van der Waals surface area contributed by atoms with Crippen molar-refractivity contribution in [2.75, 3.05) is 7.05 Å². The van der Waals surface area contributed by atoms with Crippen LogP contribution in [0.2, 0.25) is 0 Å². The van der Waals surface area contributed by atoms with E-state index in [0.717, 1.165) is 10.9 Å². The monoisotopic (exact) mass is 346 g/mol. The number of aromatic nitrogens is 2. The van der Waals surface area contributed by atoms with E-state index in [9.17, 15) is 9.59 Å². The van der Waals surface area contributed by atoms with Crippen LogP contribution < -0.4 is 5.56 Å². The number of nitrogens with zero attached hydrogens (tertiary/aromatic N) is 4. The highest BCUT2D eigenvalue weighted by Crippen LogP contribution is 2.12. The van der Waals surface area contributed by atoms with Gasteiger partial charge >= 0.3 is 0 Å². The van der Waals surface area contributed by atoms with E-state index < -0.39 is 0 Å². The molecule has 0 unspecified atom stereocenters. The third-order valence-corrected chi connectivity index (χ3v) is 4.27. The van der Waals surface area contributed by atoms with Gasteiger partial charge in [0.15, 0.2) is 0 Å². The standard InChI is InChI=1S/C20H18N4O2/c1-14-17-5-3-4-6-18(17)20(26)24(22-14)13-19(25)23(2)12-16-9-7-15(11-21)8-10-16/h3-10H,12-13H2,1-2H3. The fourth-order valence-electron chi connectivity index (χ4n) is 2.81. The second-order valence-electron chi connectivity index (χ2n) is 6.15. The van der Waals surface area contributed by atoms with Gasteiger partial charge in [-0.3, -0.25) is 9.59 Å². The quantitative estimate of drug-likeness (QED) is 0.726. The van der Waals surface area contributed by atoms with Crippen LogP contribution in [0.3, 0.4) is 0 Å². The minimum Gasteiger partial charge on any atom is -0.340 e. The first-order chi connectivity index (χ1) is 12.5. The molecule has 3 rings (SSSR count). The molecule has 0 N–H and O–H groups in total. The molecule has 1 amide bonds. The van der Waals surface area contributed by atoms with E-state index in [1.54, 1.807) is 36.2 Å². The third-order valence-electron chi connectivity index (χ3n) is 4.27. The highest BCUT2D eigenvalue weighted by atomic mass is 16.2. The van der Waals surface area contributed by atoms with Gasteiger partial charge in [-0.25, -0.2) is 4.68 Å². The molecule has 0 aliphatic heterocycles. The molecule has 0 saturated carbocycles. The molecule has 1 aromatic heterocycles. The van der Waals surface area contributed by atoms with E-state index in [1.165, 1.54) is 4.68 Å². The SMILES string of the molecule is Cc1nn(CC(=O)N(C)Cc2ccc(C#N)cc2)c(=O)c2ccccc12. The van der Waals surface area contributed by atoms with Gasteiger partial charge in [0.1, 0.15) is 6.54 Å². The first kappa shape index (κ1) is 17.4. The van der Waals surface area contributed by atoms with Crippen LogP contribution >= 0.6 is 0 Å². The summed E-state index contributed by atoms with van der Waals surface area (Å²) in [6, 6.07) is 16.4. The van der Waals surface area contributed by atoms with Crippen LogP contribution in [0, 0.1) is 18.3 Å². The molecule has 0 saturated heterocycles. The summed E-state index contributed by atoms with van der Waals surface area (Å²) in [5.41, 5.74) is 1.93. The van der Waals surface area contributed by atoms with Gasteiger partial charge in [-0.2, -0.15) is 10.4 Å². The molecule has 6 heteroatoms. The average molecular weight is 346 g/mol.